The van der Waals surface area contributed by atoms with Gasteiger partial charge in [0.25, 0.3) is 0 Å². The molecule has 0 saturated heterocycles. The molecule has 2 unspecified atom stereocenters. The highest BCUT2D eigenvalue weighted by molar-refractivity contribution is 9.10. The zero-order valence-corrected chi connectivity index (χ0v) is 19.0. The molecule has 0 spiro atoms. The van der Waals surface area contributed by atoms with Crippen LogP contribution in [-0.2, 0) is 11.2 Å². The van der Waals surface area contributed by atoms with Crippen LogP contribution in [0.3, 0.4) is 0 Å². The van der Waals surface area contributed by atoms with E-state index in [9.17, 15) is 10.2 Å². The van der Waals surface area contributed by atoms with Crippen molar-refractivity contribution >= 4 is 15.9 Å². The minimum atomic E-state index is -1.39. The Balaban J connectivity index is 1.89. The molecule has 2 N–H and O–H groups in total. The second-order valence-electron chi connectivity index (χ2n) is 8.39. The van der Waals surface area contributed by atoms with Crippen molar-refractivity contribution in [3.05, 3.63) is 140 Å². The maximum absolute atomic E-state index is 12.4. The van der Waals surface area contributed by atoms with E-state index in [0.717, 1.165) is 26.7 Å². The summed E-state index contributed by atoms with van der Waals surface area (Å²) in [5.74, 6) is 0. The summed E-state index contributed by atoms with van der Waals surface area (Å²) in [5, 5.41) is 24.7. The topological polar surface area (TPSA) is 40.5 Å². The normalized spacial score (nSPS) is 22.0. The molecule has 154 valence electrons. The Morgan fingerprint density at radius 2 is 0.968 bits per heavy atom. The molecule has 0 radical (unpaired) electrons. The molecule has 1 aliphatic rings. The van der Waals surface area contributed by atoms with Crippen molar-refractivity contribution in [3.63, 3.8) is 0 Å². The molecule has 0 aliphatic heterocycles. The van der Waals surface area contributed by atoms with E-state index in [2.05, 4.69) is 15.9 Å². The average Bonchev–Trinajstić information content (AvgIpc) is 2.78. The third-order valence-corrected chi connectivity index (χ3v) is 6.90. The van der Waals surface area contributed by atoms with E-state index < -0.39 is 11.2 Å². The zero-order chi connectivity index (χ0) is 21.8. The predicted molar refractivity (Wildman–Crippen MR) is 127 cm³/mol. The molecule has 3 heteroatoms. The van der Waals surface area contributed by atoms with Gasteiger partial charge >= 0.3 is 0 Å². The summed E-state index contributed by atoms with van der Waals surface area (Å²) in [6.07, 6.45) is 0. The van der Waals surface area contributed by atoms with Gasteiger partial charge in [0, 0.05) is 10.0 Å². The van der Waals surface area contributed by atoms with Crippen LogP contribution in [0.4, 0.5) is 0 Å². The lowest BCUT2D eigenvalue weighted by atomic mass is 9.63. The van der Waals surface area contributed by atoms with Crippen LogP contribution in [-0.4, -0.2) is 10.2 Å². The van der Waals surface area contributed by atoms with Gasteiger partial charge in [0.15, 0.2) is 0 Å². The number of hydrogen-bond acceptors (Lipinski definition) is 2. The van der Waals surface area contributed by atoms with Crippen LogP contribution in [0.5, 0.6) is 0 Å². The van der Waals surface area contributed by atoms with E-state index in [1.54, 1.807) is 0 Å². The number of aryl methyl sites for hydroxylation is 2. The van der Waals surface area contributed by atoms with E-state index in [1.165, 1.54) is 0 Å². The first-order valence-corrected chi connectivity index (χ1v) is 11.1. The molecule has 0 saturated carbocycles. The van der Waals surface area contributed by atoms with E-state index in [0.29, 0.717) is 22.3 Å². The van der Waals surface area contributed by atoms with Gasteiger partial charge in [0.05, 0.1) is 0 Å². The fourth-order valence-electron chi connectivity index (χ4n) is 4.75. The molecular weight excluding hydrogens is 448 g/mol. The first-order valence-electron chi connectivity index (χ1n) is 10.3. The van der Waals surface area contributed by atoms with Gasteiger partial charge in [-0.25, -0.2) is 0 Å². The van der Waals surface area contributed by atoms with Gasteiger partial charge in [-0.15, -0.1) is 0 Å². The van der Waals surface area contributed by atoms with Crippen molar-refractivity contribution in [1.82, 2.24) is 0 Å². The number of halogens is 1. The summed E-state index contributed by atoms with van der Waals surface area (Å²) in [4.78, 5) is 0. The van der Waals surface area contributed by atoms with E-state index in [4.69, 9.17) is 0 Å². The van der Waals surface area contributed by atoms with Gasteiger partial charge in [-0.3, -0.25) is 0 Å². The summed E-state index contributed by atoms with van der Waals surface area (Å²) in [6, 6.07) is 29.3. The molecule has 2 atom stereocenters. The van der Waals surface area contributed by atoms with Crippen LogP contribution < -0.4 is 0 Å². The Morgan fingerprint density at radius 1 is 0.548 bits per heavy atom. The van der Waals surface area contributed by atoms with Crippen molar-refractivity contribution in [3.8, 4) is 0 Å². The fraction of sp³-hybridized carbons (Fsp3) is 0.143. The standard InChI is InChI=1S/C28H23BrO2/c1-18-7-11-20(12-8-18)27(30)23-5-3-4-6-24(23)28(31,21-13-9-19(2)10-14-21)26-17-22(29)15-16-25(26)27/h3-17,30-31H,1-2H3. The Labute approximate surface area is 191 Å². The largest absolute Gasteiger partial charge is 0.376 e. The molecule has 5 rings (SSSR count). The number of fused-ring (bicyclic) bond motifs is 2. The lowest BCUT2D eigenvalue weighted by Gasteiger charge is -2.45. The smallest absolute Gasteiger partial charge is 0.141 e. The molecule has 0 heterocycles. The van der Waals surface area contributed by atoms with E-state index >= 15 is 0 Å². The number of aliphatic hydroxyl groups is 2. The maximum atomic E-state index is 12.4. The highest BCUT2D eigenvalue weighted by Gasteiger charge is 2.50. The van der Waals surface area contributed by atoms with Crippen LogP contribution in [0.1, 0.15) is 44.5 Å². The second kappa shape index (κ2) is 7.16. The van der Waals surface area contributed by atoms with Crippen molar-refractivity contribution in [2.24, 2.45) is 0 Å². The minimum Gasteiger partial charge on any atom is -0.376 e. The predicted octanol–water partition coefficient (Wildman–Crippen LogP) is 5.95. The van der Waals surface area contributed by atoms with Crippen molar-refractivity contribution < 1.29 is 10.2 Å². The molecular formula is C28H23BrO2. The Morgan fingerprint density at radius 3 is 1.45 bits per heavy atom. The van der Waals surface area contributed by atoms with Gasteiger partial charge in [-0.1, -0.05) is 106 Å². The quantitative estimate of drug-likeness (QED) is 0.380. The summed E-state index contributed by atoms with van der Waals surface area (Å²) in [5.41, 5.74) is 3.78. The van der Waals surface area contributed by atoms with Crippen LogP contribution in [0.25, 0.3) is 0 Å². The molecule has 0 bridgehead atoms. The van der Waals surface area contributed by atoms with Gasteiger partial charge in [0.1, 0.15) is 11.2 Å². The van der Waals surface area contributed by atoms with Gasteiger partial charge in [-0.05, 0) is 53.8 Å². The van der Waals surface area contributed by atoms with Gasteiger partial charge in [-0.2, -0.15) is 0 Å². The summed E-state index contributed by atoms with van der Waals surface area (Å²) in [6.45, 7) is 4.06. The van der Waals surface area contributed by atoms with E-state index in [-0.39, 0.29) is 0 Å². The monoisotopic (exact) mass is 470 g/mol. The summed E-state index contributed by atoms with van der Waals surface area (Å²) in [7, 11) is 0. The molecule has 0 aromatic heterocycles. The third kappa shape index (κ3) is 2.92. The zero-order valence-electron chi connectivity index (χ0n) is 17.4. The van der Waals surface area contributed by atoms with Crippen molar-refractivity contribution in [1.29, 1.82) is 0 Å². The van der Waals surface area contributed by atoms with Crippen molar-refractivity contribution in [2.45, 2.75) is 25.0 Å². The molecule has 0 amide bonds. The fourth-order valence-corrected chi connectivity index (χ4v) is 5.11. The van der Waals surface area contributed by atoms with Crippen LogP contribution in [0.2, 0.25) is 0 Å². The lowest BCUT2D eigenvalue weighted by molar-refractivity contribution is 0.0747. The highest BCUT2D eigenvalue weighted by Crippen LogP contribution is 2.53. The Bertz CT molecular complexity index is 1280. The Hall–Kier alpha value is -2.72. The Kier molecular flexibility index (Phi) is 4.67. The summed E-state index contributed by atoms with van der Waals surface area (Å²) < 4.78 is 0.849. The highest BCUT2D eigenvalue weighted by atomic mass is 79.9. The van der Waals surface area contributed by atoms with Crippen LogP contribution in [0, 0.1) is 13.8 Å². The first-order chi connectivity index (χ1) is 14.8. The molecule has 31 heavy (non-hydrogen) atoms. The molecule has 1 aliphatic carbocycles. The first kappa shape index (κ1) is 20.2. The SMILES string of the molecule is Cc1ccc(C2(O)c3ccccc3C(O)(c3ccc(C)cc3)c3cc(Br)ccc32)cc1. The van der Waals surface area contributed by atoms with Crippen LogP contribution in [0.15, 0.2) is 95.5 Å². The third-order valence-electron chi connectivity index (χ3n) is 6.41. The molecule has 2 nitrogen and oxygen atoms in total. The van der Waals surface area contributed by atoms with Gasteiger partial charge < -0.3 is 10.2 Å². The number of benzene rings is 4. The average molecular weight is 471 g/mol. The number of rotatable bonds is 2. The van der Waals surface area contributed by atoms with Crippen LogP contribution >= 0.6 is 15.9 Å². The van der Waals surface area contributed by atoms with Crippen molar-refractivity contribution in [2.75, 3.05) is 0 Å². The van der Waals surface area contributed by atoms with E-state index in [1.807, 2.05) is 105 Å². The molecule has 0 fully saturated rings. The molecule has 4 aromatic rings. The number of hydrogen-bond donors (Lipinski definition) is 2. The van der Waals surface area contributed by atoms with Gasteiger partial charge in [0.2, 0.25) is 0 Å². The minimum absolute atomic E-state index is 0.674. The summed E-state index contributed by atoms with van der Waals surface area (Å²) >= 11 is 3.58. The lowest BCUT2D eigenvalue weighted by Crippen LogP contribution is -2.44. The second-order valence-corrected chi connectivity index (χ2v) is 9.30. The maximum Gasteiger partial charge on any atom is 0.141 e. The molecule has 4 aromatic carbocycles.